The summed E-state index contributed by atoms with van der Waals surface area (Å²) >= 11 is 13.1. The number of halogens is 4. The van der Waals surface area contributed by atoms with Crippen molar-refractivity contribution < 1.29 is 4.39 Å². The molecule has 19 heavy (non-hydrogen) atoms. The quantitative estimate of drug-likeness (QED) is 0.550. The Morgan fingerprint density at radius 3 is 2.53 bits per heavy atom. The van der Waals surface area contributed by atoms with E-state index in [-0.39, 0.29) is 11.7 Å². The van der Waals surface area contributed by atoms with Crippen molar-refractivity contribution in [2.45, 2.75) is 12.3 Å². The molecule has 100 valence electrons. The van der Waals surface area contributed by atoms with E-state index in [0.717, 1.165) is 32.4 Å². The molecule has 0 nitrogen and oxygen atoms in total. The van der Waals surface area contributed by atoms with Crippen molar-refractivity contribution in [1.29, 1.82) is 0 Å². The second-order valence-corrected chi connectivity index (χ2v) is 6.32. The number of rotatable bonds is 4. The molecule has 2 aromatic rings. The van der Waals surface area contributed by atoms with E-state index >= 15 is 0 Å². The van der Waals surface area contributed by atoms with Gasteiger partial charge in [-0.15, -0.1) is 0 Å². The van der Waals surface area contributed by atoms with Gasteiger partial charge in [-0.05, 0) is 47.7 Å². The van der Waals surface area contributed by atoms with Crippen LogP contribution in [0.2, 0.25) is 5.02 Å². The van der Waals surface area contributed by atoms with Crippen molar-refractivity contribution in [1.82, 2.24) is 0 Å². The minimum atomic E-state index is -0.225. The average Bonchev–Trinajstić information content (AvgIpc) is 2.36. The first-order valence-corrected chi connectivity index (χ1v) is 8.14. The van der Waals surface area contributed by atoms with Crippen LogP contribution in [0.15, 0.2) is 46.9 Å². The van der Waals surface area contributed by atoms with Crippen LogP contribution < -0.4 is 0 Å². The van der Waals surface area contributed by atoms with Crippen molar-refractivity contribution in [2.24, 2.45) is 0 Å². The van der Waals surface area contributed by atoms with Gasteiger partial charge in [0.05, 0.1) is 0 Å². The molecule has 0 bridgehead atoms. The Labute approximate surface area is 134 Å². The van der Waals surface area contributed by atoms with E-state index in [1.54, 1.807) is 6.07 Å². The maximum absolute atomic E-state index is 13.4. The fourth-order valence-electron chi connectivity index (χ4n) is 2.07. The molecule has 0 aliphatic heterocycles. The summed E-state index contributed by atoms with van der Waals surface area (Å²) in [5.74, 6) is -0.000689. The number of hydrogen-bond acceptors (Lipinski definition) is 0. The number of hydrogen-bond donors (Lipinski definition) is 0. The van der Waals surface area contributed by atoms with Crippen LogP contribution >= 0.6 is 43.5 Å². The second-order valence-electron chi connectivity index (χ2n) is 4.35. The molecular formula is C15H12Br2ClF. The van der Waals surface area contributed by atoms with Crippen molar-refractivity contribution in [3.05, 3.63) is 68.9 Å². The monoisotopic (exact) mass is 404 g/mol. The van der Waals surface area contributed by atoms with E-state index < -0.39 is 0 Å². The van der Waals surface area contributed by atoms with Gasteiger partial charge in [0.25, 0.3) is 0 Å². The zero-order valence-electron chi connectivity index (χ0n) is 10.0. The lowest BCUT2D eigenvalue weighted by molar-refractivity contribution is 0.622. The zero-order valence-corrected chi connectivity index (χ0v) is 14.0. The zero-order chi connectivity index (χ0) is 13.8. The van der Waals surface area contributed by atoms with E-state index in [2.05, 4.69) is 31.9 Å². The van der Waals surface area contributed by atoms with Crippen LogP contribution in [-0.2, 0) is 6.42 Å². The normalized spacial score (nSPS) is 12.4. The van der Waals surface area contributed by atoms with Crippen molar-refractivity contribution in [3.63, 3.8) is 0 Å². The summed E-state index contributed by atoms with van der Waals surface area (Å²) in [5.41, 5.74) is 2.04. The fourth-order valence-corrected chi connectivity index (χ4v) is 3.45. The Morgan fingerprint density at radius 1 is 1.16 bits per heavy atom. The summed E-state index contributed by atoms with van der Waals surface area (Å²) in [5, 5.41) is 1.53. The molecule has 0 spiro atoms. The highest BCUT2D eigenvalue weighted by atomic mass is 79.9. The molecule has 0 aliphatic rings. The van der Waals surface area contributed by atoms with Gasteiger partial charge in [0.15, 0.2) is 0 Å². The molecule has 0 N–H and O–H groups in total. The van der Waals surface area contributed by atoms with E-state index in [1.807, 2.05) is 30.3 Å². The highest BCUT2D eigenvalue weighted by molar-refractivity contribution is 9.10. The molecule has 0 fully saturated rings. The van der Waals surface area contributed by atoms with Gasteiger partial charge in [-0.25, -0.2) is 4.39 Å². The first-order valence-electron chi connectivity index (χ1n) is 5.85. The largest absolute Gasteiger partial charge is 0.207 e. The van der Waals surface area contributed by atoms with Gasteiger partial charge < -0.3 is 0 Å². The minimum absolute atomic E-state index is 0.224. The number of benzene rings is 2. The molecule has 2 aromatic carbocycles. The second kappa shape index (κ2) is 6.87. The Morgan fingerprint density at radius 2 is 1.89 bits per heavy atom. The highest BCUT2D eigenvalue weighted by Gasteiger charge is 2.14. The Bertz CT molecular complexity index is 552. The molecule has 0 saturated carbocycles. The summed E-state index contributed by atoms with van der Waals surface area (Å²) < 4.78 is 14.2. The van der Waals surface area contributed by atoms with Crippen molar-refractivity contribution >= 4 is 43.5 Å². The minimum Gasteiger partial charge on any atom is -0.207 e. The van der Waals surface area contributed by atoms with Gasteiger partial charge >= 0.3 is 0 Å². The van der Waals surface area contributed by atoms with E-state index in [0.29, 0.717) is 0 Å². The van der Waals surface area contributed by atoms with Crippen LogP contribution in [0.4, 0.5) is 4.39 Å². The van der Waals surface area contributed by atoms with Gasteiger partial charge in [0, 0.05) is 14.8 Å². The van der Waals surface area contributed by atoms with Crippen molar-refractivity contribution in [2.75, 3.05) is 5.33 Å². The van der Waals surface area contributed by atoms with Gasteiger partial charge in [-0.1, -0.05) is 61.7 Å². The van der Waals surface area contributed by atoms with Gasteiger partial charge in [0.2, 0.25) is 0 Å². The third kappa shape index (κ3) is 4.04. The predicted molar refractivity (Wildman–Crippen MR) is 85.8 cm³/mol. The summed E-state index contributed by atoms with van der Waals surface area (Å²) in [4.78, 5) is 0. The van der Waals surface area contributed by atoms with Crippen LogP contribution in [0.25, 0.3) is 0 Å². The lowest BCUT2D eigenvalue weighted by Crippen LogP contribution is -2.05. The summed E-state index contributed by atoms with van der Waals surface area (Å²) in [7, 11) is 0. The molecule has 0 radical (unpaired) electrons. The number of alkyl halides is 1. The van der Waals surface area contributed by atoms with Gasteiger partial charge in [-0.2, -0.15) is 0 Å². The van der Waals surface area contributed by atoms with Gasteiger partial charge in [-0.3, -0.25) is 0 Å². The van der Waals surface area contributed by atoms with Crippen LogP contribution in [0.1, 0.15) is 17.0 Å². The summed E-state index contributed by atoms with van der Waals surface area (Å²) in [6, 6.07) is 12.7. The summed E-state index contributed by atoms with van der Waals surface area (Å²) in [6.07, 6.45) is 0.741. The molecular weight excluding hydrogens is 394 g/mol. The maximum Gasteiger partial charge on any atom is 0.124 e. The van der Waals surface area contributed by atoms with Crippen LogP contribution in [0, 0.1) is 5.82 Å². The molecule has 4 heteroatoms. The van der Waals surface area contributed by atoms with Crippen LogP contribution in [-0.4, -0.2) is 5.33 Å². The lowest BCUT2D eigenvalue weighted by Gasteiger charge is -2.16. The Kier molecular flexibility index (Phi) is 5.43. The van der Waals surface area contributed by atoms with Crippen LogP contribution in [0.3, 0.4) is 0 Å². The standard InChI is InChI=1S/C15H12Br2ClF/c16-9-11(14-3-1-2-4-15(14)18)5-10-6-12(17)8-13(19)7-10/h1-4,6-8,11H,5,9H2. The fraction of sp³-hybridized carbons (Fsp3) is 0.200. The van der Waals surface area contributed by atoms with Gasteiger partial charge in [0.1, 0.15) is 5.82 Å². The predicted octanol–water partition coefficient (Wildman–Crippen LogP) is 5.96. The van der Waals surface area contributed by atoms with Crippen molar-refractivity contribution in [3.8, 4) is 0 Å². The molecule has 0 aromatic heterocycles. The smallest absolute Gasteiger partial charge is 0.124 e. The first kappa shape index (κ1) is 15.0. The highest BCUT2D eigenvalue weighted by Crippen LogP contribution is 2.29. The topological polar surface area (TPSA) is 0 Å². The lowest BCUT2D eigenvalue weighted by atomic mass is 9.93. The third-order valence-corrected chi connectivity index (χ3v) is 4.52. The van der Waals surface area contributed by atoms with E-state index in [9.17, 15) is 4.39 Å². The third-order valence-electron chi connectivity index (χ3n) is 2.94. The molecule has 1 atom stereocenters. The first-order chi connectivity index (χ1) is 9.10. The molecule has 1 unspecified atom stereocenters. The van der Waals surface area contributed by atoms with Crippen LogP contribution in [0.5, 0.6) is 0 Å². The van der Waals surface area contributed by atoms with E-state index in [4.69, 9.17) is 11.6 Å². The maximum atomic E-state index is 13.4. The molecule has 2 rings (SSSR count). The molecule has 0 heterocycles. The van der Waals surface area contributed by atoms with E-state index in [1.165, 1.54) is 6.07 Å². The molecule has 0 amide bonds. The molecule has 0 saturated heterocycles. The SMILES string of the molecule is Fc1cc(Br)cc(CC(CBr)c2ccccc2Cl)c1. The Hall–Kier alpha value is -0.380. The average molecular weight is 407 g/mol. The Balaban J connectivity index is 2.26. The summed E-state index contributed by atoms with van der Waals surface area (Å²) in [6.45, 7) is 0. The molecule has 0 aliphatic carbocycles.